The van der Waals surface area contributed by atoms with Crippen molar-refractivity contribution in [2.45, 2.75) is 109 Å². The monoisotopic (exact) mass is 630 g/mol. The molecule has 2 N–H and O–H groups in total. The molecule has 1 unspecified atom stereocenters. The van der Waals surface area contributed by atoms with Crippen molar-refractivity contribution in [3.63, 3.8) is 0 Å². The van der Waals surface area contributed by atoms with Crippen LogP contribution in [0.25, 0.3) is 0 Å². The summed E-state index contributed by atoms with van der Waals surface area (Å²) in [5, 5.41) is 10.3. The van der Waals surface area contributed by atoms with E-state index in [1.807, 2.05) is 0 Å². The first kappa shape index (κ1) is 32.9. The van der Waals surface area contributed by atoms with E-state index in [0.29, 0.717) is 34.0 Å². The van der Waals surface area contributed by atoms with Crippen molar-refractivity contribution in [2.24, 2.45) is 46.3 Å². The van der Waals surface area contributed by atoms with E-state index in [2.05, 4.69) is 26.2 Å². The molecule has 9 atom stereocenters. The summed E-state index contributed by atoms with van der Waals surface area (Å²) in [4.78, 5) is 37.3. The molecular formula is C34H50N2O7S. The minimum absolute atomic E-state index is 0.0878. The second-order valence-corrected chi connectivity index (χ2v) is 16.4. The fourth-order valence-electron chi connectivity index (χ4n) is 10.3. The van der Waals surface area contributed by atoms with Gasteiger partial charge in [-0.15, -0.1) is 4.41 Å². The molecule has 4 fully saturated rings. The summed E-state index contributed by atoms with van der Waals surface area (Å²) in [5.41, 5.74) is 2.65. The summed E-state index contributed by atoms with van der Waals surface area (Å²) >= 11 is 0. The van der Waals surface area contributed by atoms with Crippen molar-refractivity contribution in [3.05, 3.63) is 29.8 Å². The summed E-state index contributed by atoms with van der Waals surface area (Å²) in [6, 6.07) is 5.45. The number of rotatable bonds is 7. The standard InChI is InChI=1S/C34H50N2O7S/c1-21(10-15-31(39)35-36(22(2)37)44(41,42)30-9-7-6-8-26(30)32(40)43-5)27-13-14-28-25-12-11-23-20-24(38)16-18-33(23,3)29(25)17-19-34(27,28)4/h6-9,21,23-25,27-29,38H,10-20H2,1-5H3,(H,35,39)/t21?,23-,24-,25+,27-,28+,29+,33+,34-/m1/s1. The summed E-state index contributed by atoms with van der Waals surface area (Å²) in [6.45, 7) is 8.25. The molecule has 0 aliphatic heterocycles. The largest absolute Gasteiger partial charge is 0.465 e. The molecule has 1 aromatic rings. The fraction of sp³-hybridized carbons (Fsp3) is 0.735. The number of hydrogen-bond donors (Lipinski definition) is 2. The third kappa shape index (κ3) is 5.70. The van der Waals surface area contributed by atoms with Gasteiger partial charge in [0.05, 0.1) is 18.8 Å². The Hall–Kier alpha value is -2.46. The van der Waals surface area contributed by atoms with E-state index < -0.39 is 32.7 Å². The predicted molar refractivity (Wildman–Crippen MR) is 165 cm³/mol. The number of fused-ring (bicyclic) bond motifs is 5. The molecule has 2 amide bonds. The molecule has 0 heterocycles. The molecule has 44 heavy (non-hydrogen) atoms. The Morgan fingerprint density at radius 1 is 1.02 bits per heavy atom. The molecule has 0 bridgehead atoms. The van der Waals surface area contributed by atoms with E-state index in [1.165, 1.54) is 56.4 Å². The van der Waals surface area contributed by atoms with Crippen LogP contribution in [0.4, 0.5) is 0 Å². The van der Waals surface area contributed by atoms with E-state index in [-0.39, 0.29) is 29.4 Å². The lowest BCUT2D eigenvalue weighted by Gasteiger charge is -2.61. The Balaban J connectivity index is 1.23. The third-order valence-corrected chi connectivity index (χ3v) is 14.3. The minimum atomic E-state index is -4.55. The first-order valence-corrected chi connectivity index (χ1v) is 17.9. The van der Waals surface area contributed by atoms with Crippen LogP contribution >= 0.6 is 0 Å². The quantitative estimate of drug-likeness (QED) is 0.302. The van der Waals surface area contributed by atoms with Crippen LogP contribution < -0.4 is 5.43 Å². The smallest absolute Gasteiger partial charge is 0.339 e. The lowest BCUT2D eigenvalue weighted by atomic mass is 9.44. The maximum atomic E-state index is 13.4. The lowest BCUT2D eigenvalue weighted by molar-refractivity contribution is -0.134. The van der Waals surface area contributed by atoms with Gasteiger partial charge < -0.3 is 9.84 Å². The van der Waals surface area contributed by atoms with Gasteiger partial charge in [0.25, 0.3) is 15.9 Å². The van der Waals surface area contributed by atoms with Gasteiger partial charge in [0.1, 0.15) is 4.90 Å². The van der Waals surface area contributed by atoms with Gasteiger partial charge in [0, 0.05) is 13.3 Å². The molecule has 4 aliphatic rings. The number of esters is 1. The van der Waals surface area contributed by atoms with Crippen LogP contribution in [0.1, 0.15) is 109 Å². The van der Waals surface area contributed by atoms with Gasteiger partial charge in [-0.05, 0) is 123 Å². The highest BCUT2D eigenvalue weighted by Crippen LogP contribution is 2.68. The summed E-state index contributed by atoms with van der Waals surface area (Å²) < 4.78 is 31.9. The Morgan fingerprint density at radius 2 is 1.70 bits per heavy atom. The predicted octanol–water partition coefficient (Wildman–Crippen LogP) is 5.48. The Kier molecular flexibility index (Phi) is 9.27. The van der Waals surface area contributed by atoms with Gasteiger partial charge in [-0.1, -0.05) is 32.9 Å². The molecule has 5 rings (SSSR count). The number of carbonyl (C=O) groups is 3. The molecule has 9 nitrogen and oxygen atoms in total. The van der Waals surface area contributed by atoms with Gasteiger partial charge in [-0.2, -0.15) is 8.42 Å². The molecule has 1 aromatic carbocycles. The molecule has 244 valence electrons. The number of nitrogens with zero attached hydrogens (tertiary/aromatic N) is 1. The molecular weight excluding hydrogens is 580 g/mol. The number of ether oxygens (including phenoxy) is 1. The highest BCUT2D eigenvalue weighted by Gasteiger charge is 2.60. The van der Waals surface area contributed by atoms with E-state index in [9.17, 15) is 27.9 Å². The van der Waals surface area contributed by atoms with Crippen LogP contribution in [0.3, 0.4) is 0 Å². The van der Waals surface area contributed by atoms with Crippen molar-refractivity contribution < 1.29 is 32.6 Å². The number of hydrazine groups is 1. The first-order chi connectivity index (χ1) is 20.7. The molecule has 10 heteroatoms. The second kappa shape index (κ2) is 12.4. The summed E-state index contributed by atoms with van der Waals surface area (Å²) in [6.07, 6.45) is 10.9. The number of carbonyl (C=O) groups excluding carboxylic acids is 3. The summed E-state index contributed by atoms with van der Waals surface area (Å²) in [7, 11) is -3.41. The number of benzene rings is 1. The van der Waals surface area contributed by atoms with Crippen molar-refractivity contribution in [1.82, 2.24) is 9.84 Å². The Labute approximate surface area is 262 Å². The van der Waals surface area contributed by atoms with Gasteiger partial charge in [-0.3, -0.25) is 15.0 Å². The zero-order chi connectivity index (χ0) is 32.0. The van der Waals surface area contributed by atoms with Crippen molar-refractivity contribution in [2.75, 3.05) is 7.11 Å². The number of aliphatic hydroxyl groups excluding tert-OH is 1. The van der Waals surface area contributed by atoms with Crippen LogP contribution in [0.5, 0.6) is 0 Å². The van der Waals surface area contributed by atoms with Crippen molar-refractivity contribution >= 4 is 27.8 Å². The second-order valence-electron chi connectivity index (χ2n) is 14.6. The van der Waals surface area contributed by atoms with Crippen LogP contribution in [-0.4, -0.2) is 48.9 Å². The zero-order valence-electron chi connectivity index (χ0n) is 26.9. The van der Waals surface area contributed by atoms with Crippen LogP contribution in [0.15, 0.2) is 29.2 Å². The van der Waals surface area contributed by atoms with Crippen LogP contribution in [0.2, 0.25) is 0 Å². The van der Waals surface area contributed by atoms with Gasteiger partial charge >= 0.3 is 5.97 Å². The number of hydrogen-bond acceptors (Lipinski definition) is 7. The van der Waals surface area contributed by atoms with E-state index >= 15 is 0 Å². The molecule has 0 radical (unpaired) electrons. The number of methoxy groups -OCH3 is 1. The number of aliphatic hydroxyl groups is 1. The highest BCUT2D eigenvalue weighted by molar-refractivity contribution is 7.89. The Bertz CT molecular complexity index is 1380. The average Bonchev–Trinajstić information content (AvgIpc) is 3.35. The van der Waals surface area contributed by atoms with Gasteiger partial charge in [0.2, 0.25) is 5.91 Å². The van der Waals surface area contributed by atoms with E-state index in [4.69, 9.17) is 4.74 Å². The Morgan fingerprint density at radius 3 is 2.41 bits per heavy atom. The molecule has 4 saturated carbocycles. The first-order valence-electron chi connectivity index (χ1n) is 16.4. The lowest BCUT2D eigenvalue weighted by Crippen LogP contribution is -2.54. The fourth-order valence-corrected chi connectivity index (χ4v) is 11.8. The highest BCUT2D eigenvalue weighted by atomic mass is 32.2. The molecule has 0 saturated heterocycles. The number of amides is 2. The number of sulfonamides is 1. The maximum Gasteiger partial charge on any atom is 0.339 e. The van der Waals surface area contributed by atoms with Gasteiger partial charge in [-0.25, -0.2) is 4.79 Å². The van der Waals surface area contributed by atoms with Gasteiger partial charge in [0.15, 0.2) is 0 Å². The van der Waals surface area contributed by atoms with Crippen molar-refractivity contribution in [3.8, 4) is 0 Å². The molecule has 4 aliphatic carbocycles. The minimum Gasteiger partial charge on any atom is -0.465 e. The van der Waals surface area contributed by atoms with Crippen molar-refractivity contribution in [1.29, 1.82) is 0 Å². The third-order valence-electron chi connectivity index (χ3n) is 12.5. The van der Waals surface area contributed by atoms with Crippen LogP contribution in [-0.2, 0) is 24.3 Å². The van der Waals surface area contributed by atoms with E-state index in [0.717, 1.165) is 51.6 Å². The average molecular weight is 631 g/mol. The van der Waals surface area contributed by atoms with E-state index in [1.54, 1.807) is 0 Å². The topological polar surface area (TPSA) is 130 Å². The molecule has 0 aromatic heterocycles. The molecule has 0 spiro atoms. The van der Waals surface area contributed by atoms with Crippen LogP contribution in [0, 0.1) is 46.3 Å². The number of nitrogens with one attached hydrogen (secondary N) is 1. The normalized spacial score (nSPS) is 35.4. The maximum absolute atomic E-state index is 13.4. The zero-order valence-corrected chi connectivity index (χ0v) is 27.7. The summed E-state index contributed by atoms with van der Waals surface area (Å²) in [5.74, 6) is 1.24. The SMILES string of the molecule is COC(=O)c1ccccc1S(=O)(=O)N(NC(=O)CCC(C)[C@H]1CC[C@H]2[C@@H]3CC[C@@H]4C[C@H](O)CC[C@]4(C)[C@H]3CC[C@]12C)C(C)=O.